The maximum absolute atomic E-state index is 2.42. The van der Waals surface area contributed by atoms with Crippen LogP contribution >= 0.6 is 15.8 Å². The summed E-state index contributed by atoms with van der Waals surface area (Å²) < 4.78 is 0. The van der Waals surface area contributed by atoms with Crippen LogP contribution in [0.2, 0.25) is 0 Å². The average molecular weight is 511 g/mol. The molecule has 186 valence electrons. The van der Waals surface area contributed by atoms with Crippen molar-refractivity contribution < 1.29 is 17.1 Å². The molecule has 4 fully saturated rings. The van der Waals surface area contributed by atoms with Gasteiger partial charge in [-0.15, -0.1) is 0 Å². The molecule has 0 N–H and O–H groups in total. The monoisotopic (exact) mass is 510 g/mol. The molecule has 0 spiro atoms. The molecule has 4 rings (SSSR count). The van der Waals surface area contributed by atoms with E-state index in [9.17, 15) is 0 Å². The summed E-state index contributed by atoms with van der Waals surface area (Å²) in [5.74, 6) is 0. The van der Waals surface area contributed by atoms with Gasteiger partial charge in [-0.05, 0) is 111 Å². The molecule has 31 heavy (non-hydrogen) atoms. The van der Waals surface area contributed by atoms with E-state index in [1.54, 1.807) is 51.4 Å². The van der Waals surface area contributed by atoms with Crippen molar-refractivity contribution in [2.45, 2.75) is 164 Å². The average Bonchev–Trinajstić information content (AvgIpc) is 3.52. The summed E-state index contributed by atoms with van der Waals surface area (Å²) in [5, 5.41) is 0. The van der Waals surface area contributed by atoms with Crippen LogP contribution in [-0.2, 0) is 17.1 Å². The van der Waals surface area contributed by atoms with Crippen molar-refractivity contribution in [1.82, 2.24) is 0 Å². The quantitative estimate of drug-likeness (QED) is 0.189. The van der Waals surface area contributed by atoms with Gasteiger partial charge in [-0.1, -0.05) is 69.2 Å². The maximum Gasteiger partial charge on any atom is 2.00 e. The second-order valence-electron chi connectivity index (χ2n) is 10.2. The molecule has 0 radical (unpaired) electrons. The molecule has 2 aliphatic carbocycles. The van der Waals surface area contributed by atoms with E-state index in [0.717, 1.165) is 22.6 Å². The van der Waals surface area contributed by atoms with Gasteiger partial charge in [0.1, 0.15) is 0 Å². The van der Waals surface area contributed by atoms with E-state index >= 15 is 0 Å². The third kappa shape index (κ3) is 8.23. The Kier molecular flexibility index (Phi) is 17.7. The minimum absolute atomic E-state index is 0. The minimum atomic E-state index is 0. The fourth-order valence-corrected chi connectivity index (χ4v) is 16.2. The molecular formula is C28H56FeP2. The van der Waals surface area contributed by atoms with Crippen LogP contribution in [0.25, 0.3) is 0 Å². The summed E-state index contributed by atoms with van der Waals surface area (Å²) in [4.78, 5) is 0. The van der Waals surface area contributed by atoms with Gasteiger partial charge < -0.3 is 14.9 Å². The second kappa shape index (κ2) is 16.9. The van der Waals surface area contributed by atoms with Crippen LogP contribution in [0.4, 0.5) is 0 Å². The number of hydrogen-bond donors (Lipinski definition) is 0. The van der Waals surface area contributed by atoms with Crippen molar-refractivity contribution in [2.24, 2.45) is 0 Å². The van der Waals surface area contributed by atoms with Crippen LogP contribution in [0.5, 0.6) is 0 Å². The summed E-state index contributed by atoms with van der Waals surface area (Å²) in [7, 11) is 0.853. The normalized spacial score (nSPS) is 32.1. The standard InChI is InChI=1S/2C13H25P.2CH3.Fe/c2*1-3-11-9-10-12(4-2)14(11)13-7-5-6-8-13;;;/h2*11-13H,3-10H2,1-2H3;2*1H3;/q;;2*-1;+2/t2*11-,12-;;;/m11.../s1. The molecule has 0 nitrogen and oxygen atoms in total. The van der Waals surface area contributed by atoms with Gasteiger partial charge in [0.2, 0.25) is 0 Å². The zero-order chi connectivity index (χ0) is 19.9. The molecule has 0 aromatic heterocycles. The molecule has 2 saturated carbocycles. The molecule has 3 heteroatoms. The van der Waals surface area contributed by atoms with Crippen LogP contribution in [0.1, 0.15) is 130 Å². The van der Waals surface area contributed by atoms with Crippen LogP contribution in [-0.4, -0.2) is 34.0 Å². The van der Waals surface area contributed by atoms with E-state index in [0.29, 0.717) is 15.8 Å². The fourth-order valence-electron chi connectivity index (χ4n) is 7.22. The predicted molar refractivity (Wildman–Crippen MR) is 146 cm³/mol. The maximum atomic E-state index is 2.42. The predicted octanol–water partition coefficient (Wildman–Crippen LogP) is 10.4. The van der Waals surface area contributed by atoms with Gasteiger partial charge in [0.25, 0.3) is 0 Å². The van der Waals surface area contributed by atoms with E-state index in [2.05, 4.69) is 27.7 Å². The van der Waals surface area contributed by atoms with Crippen LogP contribution < -0.4 is 0 Å². The third-order valence-corrected chi connectivity index (χ3v) is 17.3. The molecule has 0 amide bonds. The molecular weight excluding hydrogens is 454 g/mol. The molecule has 4 aliphatic rings. The van der Waals surface area contributed by atoms with E-state index in [1.807, 2.05) is 0 Å². The summed E-state index contributed by atoms with van der Waals surface area (Å²) in [6.07, 6.45) is 24.6. The van der Waals surface area contributed by atoms with Gasteiger partial charge in [-0.2, -0.15) is 0 Å². The SMILES string of the molecule is CC[C@@H]1CC[C@@H](CC)P1C1CCCC1.CC[C@@H]1CC[C@@H](CC)P1C1CCCC1.[CH3-].[CH3-].[Fe+2]. The second-order valence-corrected chi connectivity index (χ2v) is 16.3. The van der Waals surface area contributed by atoms with Crippen molar-refractivity contribution >= 4 is 15.8 Å². The summed E-state index contributed by atoms with van der Waals surface area (Å²) >= 11 is 0. The van der Waals surface area contributed by atoms with Gasteiger partial charge in [-0.25, -0.2) is 0 Å². The van der Waals surface area contributed by atoms with Crippen molar-refractivity contribution in [3.63, 3.8) is 0 Å². The first-order valence-corrected chi connectivity index (χ1v) is 16.4. The molecule has 0 aromatic rings. The number of rotatable bonds is 6. The zero-order valence-corrected chi connectivity index (χ0v) is 24.9. The Morgan fingerprint density at radius 2 is 0.677 bits per heavy atom. The molecule has 2 heterocycles. The van der Waals surface area contributed by atoms with Gasteiger partial charge >= 0.3 is 17.1 Å². The first kappa shape index (κ1) is 32.4. The Labute approximate surface area is 211 Å². The molecule has 0 bridgehead atoms. The van der Waals surface area contributed by atoms with Crippen molar-refractivity contribution in [2.75, 3.05) is 0 Å². The first-order chi connectivity index (χ1) is 13.7. The van der Waals surface area contributed by atoms with Gasteiger partial charge in [0.15, 0.2) is 0 Å². The zero-order valence-electron chi connectivity index (χ0n) is 22.0. The van der Waals surface area contributed by atoms with E-state index in [4.69, 9.17) is 0 Å². The molecule has 2 saturated heterocycles. The van der Waals surface area contributed by atoms with Gasteiger partial charge in [-0.3, -0.25) is 0 Å². The Bertz CT molecular complexity index is 367. The Morgan fingerprint density at radius 1 is 0.452 bits per heavy atom. The topological polar surface area (TPSA) is 0 Å². The third-order valence-electron chi connectivity index (χ3n) is 8.73. The smallest absolute Gasteiger partial charge is 0.358 e. The molecule has 0 unspecified atom stereocenters. The largest absolute Gasteiger partial charge is 2.00 e. The fraction of sp³-hybridized carbons (Fsp3) is 0.929. The van der Waals surface area contributed by atoms with Crippen molar-refractivity contribution in [3.05, 3.63) is 14.9 Å². The summed E-state index contributed by atoms with van der Waals surface area (Å²) in [6.45, 7) is 9.69. The van der Waals surface area contributed by atoms with Crippen LogP contribution in [0.3, 0.4) is 0 Å². The van der Waals surface area contributed by atoms with E-state index in [-0.39, 0.29) is 31.9 Å². The first-order valence-electron chi connectivity index (χ1n) is 13.3. The Morgan fingerprint density at radius 3 is 0.871 bits per heavy atom. The van der Waals surface area contributed by atoms with Crippen LogP contribution in [0.15, 0.2) is 0 Å². The molecule has 2 aliphatic heterocycles. The van der Waals surface area contributed by atoms with E-state index in [1.165, 1.54) is 62.7 Å². The van der Waals surface area contributed by atoms with Crippen molar-refractivity contribution in [1.29, 1.82) is 0 Å². The molecule has 4 atom stereocenters. The molecule has 0 aromatic carbocycles. The minimum Gasteiger partial charge on any atom is -0.358 e. The summed E-state index contributed by atoms with van der Waals surface area (Å²) in [5.41, 5.74) is 6.97. The van der Waals surface area contributed by atoms with E-state index < -0.39 is 0 Å². The Hall–Kier alpha value is 1.38. The van der Waals surface area contributed by atoms with Crippen LogP contribution in [0, 0.1) is 14.9 Å². The van der Waals surface area contributed by atoms with Crippen molar-refractivity contribution in [3.8, 4) is 0 Å². The summed E-state index contributed by atoms with van der Waals surface area (Å²) in [6, 6.07) is 0. The van der Waals surface area contributed by atoms with Gasteiger partial charge in [0, 0.05) is 0 Å². The van der Waals surface area contributed by atoms with Gasteiger partial charge in [0.05, 0.1) is 0 Å². The number of hydrogen-bond acceptors (Lipinski definition) is 0. The Balaban J connectivity index is 0.000000529.